The van der Waals surface area contributed by atoms with E-state index < -0.39 is 66.5 Å². The number of aromatic carboxylic acids is 2. The predicted molar refractivity (Wildman–Crippen MR) is 536 cm³/mol. The summed E-state index contributed by atoms with van der Waals surface area (Å²) in [5, 5.41) is 69.4. The van der Waals surface area contributed by atoms with Gasteiger partial charge in [0.15, 0.2) is 17.3 Å². The van der Waals surface area contributed by atoms with E-state index in [-0.39, 0.29) is 233 Å². The van der Waals surface area contributed by atoms with Gasteiger partial charge in [-0.2, -0.15) is 0 Å². The summed E-state index contributed by atoms with van der Waals surface area (Å²) >= 11 is 0. The van der Waals surface area contributed by atoms with Crippen LogP contribution in [0.2, 0.25) is 0 Å². The SMILES string of the molecule is CC[C@@H](CCCCNC(=O)[C@@H](N)CCCCCC(=O)COCCOCCNC(=O)COCCOCCCC(=O)CC[C@H](NCCCCCCCCCCCCOc1ccc(C(=O)O)cc1)C(=O)O)C(=O)CN[C@@H](CCCCNC(=O)[C@@H](N)CCCCNC(=O)COCCOCCCC(=O)COCCOCCNC(=O)CC[C@H](NC(=O)CCCCCCCCCCCOc1ccc(C(=O)O)cc1)C(=O)O)C(=O)CO. The molecule has 40 heteroatoms. The third-order valence-electron chi connectivity index (χ3n) is 23.6. The number of benzene rings is 2. The van der Waals surface area contributed by atoms with E-state index in [1.165, 1.54) is 43.5 Å². The number of unbranched alkanes of at least 4 members (excludes halogenated alkanes) is 22. The summed E-state index contributed by atoms with van der Waals surface area (Å²) in [6, 6.07) is 8.58. The van der Waals surface area contributed by atoms with Gasteiger partial charge in [0.1, 0.15) is 68.2 Å². The van der Waals surface area contributed by atoms with Crippen molar-refractivity contribution in [1.82, 2.24) is 42.5 Å². The van der Waals surface area contributed by atoms with Crippen molar-refractivity contribution >= 4 is 88.2 Å². The van der Waals surface area contributed by atoms with Gasteiger partial charge >= 0.3 is 23.9 Å². The fraction of sp³-hybridized carbons (Fsp3) is 0.738. The highest BCUT2D eigenvalue weighted by Crippen LogP contribution is 2.20. The molecule has 0 saturated carbocycles. The second kappa shape index (κ2) is 89.0. The monoisotopic (exact) mass is 2030 g/mol. The number of nitrogens with two attached hydrogens (primary N) is 2. The lowest BCUT2D eigenvalue weighted by atomic mass is 9.94. The number of hydrogen-bond donors (Lipinski definition) is 15. The lowest BCUT2D eigenvalue weighted by Gasteiger charge is -2.19. The molecule has 2 aromatic carbocycles. The largest absolute Gasteiger partial charge is 0.494 e. The Balaban J connectivity index is 1.35. The highest BCUT2D eigenvalue weighted by Gasteiger charge is 2.26. The Labute approximate surface area is 844 Å². The number of carboxylic acids is 4. The van der Waals surface area contributed by atoms with E-state index in [0.717, 1.165) is 96.3 Å². The molecule has 2 aromatic rings. The first-order valence-corrected chi connectivity index (χ1v) is 52.1. The zero-order valence-electron chi connectivity index (χ0n) is 85.0. The van der Waals surface area contributed by atoms with Crippen LogP contribution in [0.1, 0.15) is 304 Å². The average molecular weight is 2030 g/mol. The van der Waals surface area contributed by atoms with Crippen LogP contribution in [-0.2, 0) is 100 Å². The van der Waals surface area contributed by atoms with Crippen molar-refractivity contribution < 1.29 is 145 Å². The molecule has 17 N–H and O–H groups in total. The molecule has 6 atom stereocenters. The standard InChI is InChI=1S/C103H172N10O30/c1-2-79(33-22-26-55-110-98(124)87(104)37-20-18-19-34-83(116)75-138-69-68-137-64-58-109-97(123)78-141-72-65-134-59-31-35-82(115)45-50-90(102(130)131)106-53-25-15-11-7-3-4-8-12-16-29-61-142-85-46-41-80(42-47-85)100(126)127)92(118)73-112-89(93(119)74-114)39-24-28-56-111-99(125)88(105)38-23-27-54-107-96(122)77-140-71-66-135-60-32-36-84(117)76-139-70-67-136-63-57-108-94(120)52-51-91(103(132)133)113-95(121)40-21-14-10-6-5-9-13-17-30-62-143-86-48-43-81(44-49-86)101(128)129/h41-44,46-49,79,87-91,106,112,114H,2-40,45,50-78,104-105H2,1H3,(H,107,122)(H,108,120)(H,109,123)(H,110,124)(H,111,125)(H,113,121)(H,126,127)(H,128,129)(H,130,131)(H,132,133)/t79-,87-,88-,89-,90-,91-/m0/s1. The second-order valence-electron chi connectivity index (χ2n) is 35.7. The van der Waals surface area contributed by atoms with Gasteiger partial charge in [-0.25, -0.2) is 14.4 Å². The van der Waals surface area contributed by atoms with Gasteiger partial charge in [0.25, 0.3) is 0 Å². The van der Waals surface area contributed by atoms with E-state index in [2.05, 4.69) is 42.5 Å². The molecular formula is C103H172N10O30. The van der Waals surface area contributed by atoms with Crippen molar-refractivity contribution in [1.29, 1.82) is 0 Å². The number of aliphatic hydroxyl groups is 1. The number of carbonyl (C=O) groups excluding carboxylic acids is 11. The summed E-state index contributed by atoms with van der Waals surface area (Å²) in [5.74, 6) is -5.76. The number of ketones is 5. The maximum absolute atomic E-state index is 13.3. The number of ether oxygens (including phenoxy) is 10. The summed E-state index contributed by atoms with van der Waals surface area (Å²) in [6.07, 6.45) is 29.5. The number of carbonyl (C=O) groups is 15. The van der Waals surface area contributed by atoms with Gasteiger partial charge in [-0.3, -0.25) is 57.5 Å². The molecule has 0 spiro atoms. The third-order valence-corrected chi connectivity index (χ3v) is 23.6. The minimum Gasteiger partial charge on any atom is -0.494 e. The zero-order chi connectivity index (χ0) is 105. The first-order chi connectivity index (χ1) is 69.2. The van der Waals surface area contributed by atoms with Crippen LogP contribution in [0.5, 0.6) is 11.5 Å². The summed E-state index contributed by atoms with van der Waals surface area (Å²) in [6.45, 7) is 6.52. The van der Waals surface area contributed by atoms with Crippen molar-refractivity contribution in [2.45, 2.75) is 313 Å². The molecule has 0 fully saturated rings. The molecule has 2 rings (SSSR count). The quantitative estimate of drug-likeness (QED) is 0.0275. The third kappa shape index (κ3) is 75.0. The fourth-order valence-electron chi connectivity index (χ4n) is 15.0. The number of aliphatic hydroxyl groups excluding tert-OH is 1. The van der Waals surface area contributed by atoms with Crippen LogP contribution in [0.15, 0.2) is 48.5 Å². The van der Waals surface area contributed by atoms with Crippen molar-refractivity contribution in [2.75, 3.05) is 171 Å². The first-order valence-electron chi connectivity index (χ1n) is 52.1. The minimum atomic E-state index is -1.21. The molecule has 6 amide bonds. The first kappa shape index (κ1) is 130. The van der Waals surface area contributed by atoms with Crippen LogP contribution in [0.3, 0.4) is 0 Å². The fourth-order valence-corrected chi connectivity index (χ4v) is 15.0. The van der Waals surface area contributed by atoms with Crippen LogP contribution in [0.4, 0.5) is 0 Å². The minimum absolute atomic E-state index is 0.0246. The Kier molecular flexibility index (Phi) is 80.7. The lowest BCUT2D eigenvalue weighted by molar-refractivity contribution is -0.142. The molecule has 0 aliphatic carbocycles. The van der Waals surface area contributed by atoms with Gasteiger partial charge in [0, 0.05) is 90.4 Å². The van der Waals surface area contributed by atoms with Crippen LogP contribution < -0.4 is 63.5 Å². The molecule has 0 bridgehead atoms. The van der Waals surface area contributed by atoms with E-state index in [9.17, 15) is 87.2 Å². The van der Waals surface area contributed by atoms with Gasteiger partial charge in [0.05, 0.1) is 115 Å². The van der Waals surface area contributed by atoms with Crippen LogP contribution in [0, 0.1) is 5.92 Å². The molecular weight excluding hydrogens is 1860 g/mol. The molecule has 0 aliphatic heterocycles. The second-order valence-corrected chi connectivity index (χ2v) is 35.7. The van der Waals surface area contributed by atoms with Gasteiger partial charge in [-0.15, -0.1) is 0 Å². The van der Waals surface area contributed by atoms with E-state index in [4.69, 9.17) is 69.0 Å². The van der Waals surface area contributed by atoms with E-state index in [1.54, 1.807) is 24.3 Å². The normalized spacial score (nSPS) is 12.5. The Morgan fingerprint density at radius 3 is 1.13 bits per heavy atom. The van der Waals surface area contributed by atoms with Crippen molar-refractivity contribution in [3.05, 3.63) is 59.7 Å². The average Bonchev–Trinajstić information content (AvgIpc) is 0.898. The highest BCUT2D eigenvalue weighted by molar-refractivity contribution is 5.90. The van der Waals surface area contributed by atoms with Crippen molar-refractivity contribution in [2.24, 2.45) is 17.4 Å². The van der Waals surface area contributed by atoms with E-state index in [1.807, 2.05) is 6.92 Å². The molecule has 0 saturated heterocycles. The number of carboxylic acid groups (broad SMARTS) is 4. The van der Waals surface area contributed by atoms with Gasteiger partial charge in [-0.05, 0) is 177 Å². The van der Waals surface area contributed by atoms with Crippen LogP contribution >= 0.6 is 0 Å². The van der Waals surface area contributed by atoms with Gasteiger partial charge < -0.3 is 127 Å². The summed E-state index contributed by atoms with van der Waals surface area (Å²) in [5.41, 5.74) is 12.7. The number of Topliss-reactive ketones (excluding diaryl/α,β-unsaturated/α-hetero) is 5. The number of nitrogens with one attached hydrogen (secondary N) is 8. The molecule has 0 aliphatic rings. The Hall–Kier alpha value is -9.43. The number of aliphatic carboxylic acids is 2. The smallest absolute Gasteiger partial charge is 0.335 e. The number of hydrogen-bond acceptors (Lipinski definition) is 30. The molecule has 0 heterocycles. The zero-order valence-corrected chi connectivity index (χ0v) is 85.0. The molecule has 40 nitrogen and oxygen atoms in total. The van der Waals surface area contributed by atoms with Gasteiger partial charge in [0.2, 0.25) is 35.4 Å². The van der Waals surface area contributed by atoms with Crippen LogP contribution in [-0.4, -0.2) is 315 Å². The highest BCUT2D eigenvalue weighted by atomic mass is 16.5. The van der Waals surface area contributed by atoms with E-state index in [0.29, 0.717) is 180 Å². The Morgan fingerprint density at radius 1 is 0.294 bits per heavy atom. The van der Waals surface area contributed by atoms with Crippen molar-refractivity contribution in [3.8, 4) is 11.5 Å². The Bertz CT molecular complexity index is 3800. The number of rotatable bonds is 103. The van der Waals surface area contributed by atoms with E-state index >= 15 is 0 Å². The molecule has 0 aromatic heterocycles. The predicted octanol–water partition coefficient (Wildman–Crippen LogP) is 8.73. The van der Waals surface area contributed by atoms with Crippen molar-refractivity contribution in [3.63, 3.8) is 0 Å². The Morgan fingerprint density at radius 2 is 0.664 bits per heavy atom. The maximum Gasteiger partial charge on any atom is 0.335 e. The topological polar surface area (TPSA) is 598 Å². The lowest BCUT2D eigenvalue weighted by Crippen LogP contribution is -2.43. The number of amides is 6. The molecule has 0 unspecified atom stereocenters. The molecule has 814 valence electrons. The summed E-state index contributed by atoms with van der Waals surface area (Å²) in [4.78, 5) is 183. The van der Waals surface area contributed by atoms with Crippen LogP contribution in [0.25, 0.3) is 0 Å². The van der Waals surface area contributed by atoms with Gasteiger partial charge in [-0.1, -0.05) is 122 Å². The molecule has 143 heavy (non-hydrogen) atoms. The molecule has 0 radical (unpaired) electrons. The summed E-state index contributed by atoms with van der Waals surface area (Å²) < 4.78 is 54.9. The summed E-state index contributed by atoms with van der Waals surface area (Å²) in [7, 11) is 0. The maximum atomic E-state index is 13.3.